The molecule has 4 rings (SSSR count). The molecule has 10 N–H and O–H groups in total. The molecule has 0 heterocycles. The van der Waals surface area contributed by atoms with Gasteiger partial charge >= 0.3 is 7.82 Å². The maximum Gasteiger partial charge on any atom is 0.466 e. The van der Waals surface area contributed by atoms with Crippen molar-refractivity contribution in [3.8, 4) is 5.75 Å². The number of likely N-dealkylation sites (N-methyl/N-ethyl adjacent to an activating group) is 1. The van der Waals surface area contributed by atoms with Gasteiger partial charge in [-0.05, 0) is 39.6 Å². The van der Waals surface area contributed by atoms with Crippen molar-refractivity contribution >= 4 is 36.9 Å². The lowest BCUT2D eigenvalue weighted by molar-refractivity contribution is -0.151. The van der Waals surface area contributed by atoms with Crippen LogP contribution in [-0.2, 0) is 19.8 Å². The number of rotatable bonds is 2. The van der Waals surface area contributed by atoms with Crippen LogP contribution in [0.25, 0.3) is 0 Å². The van der Waals surface area contributed by atoms with Crippen LogP contribution in [0.2, 0.25) is 5.02 Å². The van der Waals surface area contributed by atoms with E-state index < -0.39 is 82.8 Å². The summed E-state index contributed by atoms with van der Waals surface area (Å²) in [7, 11) is -1.61. The number of nitrogens with two attached hydrogens (primary N) is 1. The number of phenolic OH excluding ortho intramolecular Hbond substituents is 1. The standard InChI is InChI=1S/C22H23ClN2O8.H3O4P/c1-21(32)7-6-8-15(25(2)3)17(28)13(20(24)31)19(30)22(8,33)18(29)11(7)16(27)12-10(26)5-4-9(23)14(12)21;1-5(2,3)4/h4-5,7-8,15,26,28-29,32-33H,6H2,1-3H3,(H2,24,31);(H3,1,2,3,4)/t7-,8-,15-,21-,22-;/m0./s1. The van der Waals surface area contributed by atoms with Crippen molar-refractivity contribution in [2.45, 2.75) is 30.6 Å². The monoisotopic (exact) mass is 576 g/mol. The van der Waals surface area contributed by atoms with Crippen molar-refractivity contribution in [1.82, 2.24) is 4.90 Å². The zero-order valence-electron chi connectivity index (χ0n) is 20.2. The van der Waals surface area contributed by atoms with Crippen molar-refractivity contribution in [2.24, 2.45) is 17.6 Å². The number of nitrogens with zero attached hydrogens (tertiary/aromatic N) is 1. The van der Waals surface area contributed by atoms with E-state index in [0.29, 0.717) is 0 Å². The number of carbonyl (C=O) groups excluding carboxylic acids is 3. The van der Waals surface area contributed by atoms with Crippen LogP contribution in [0.4, 0.5) is 0 Å². The number of hydrogen-bond acceptors (Lipinski definition) is 10. The number of halogens is 1. The predicted molar refractivity (Wildman–Crippen MR) is 129 cm³/mol. The molecular formula is C22H26ClN2O12P. The lowest BCUT2D eigenvalue weighted by atomic mass is 9.55. The molecule has 0 saturated heterocycles. The molecule has 0 fully saturated rings. The highest BCUT2D eigenvalue weighted by Crippen LogP contribution is 2.57. The Kier molecular flexibility index (Phi) is 7.38. The first kappa shape index (κ1) is 29.7. The molecule has 0 bridgehead atoms. The Hall–Kier alpha value is -2.81. The van der Waals surface area contributed by atoms with Gasteiger partial charge in [0.1, 0.15) is 22.8 Å². The number of aliphatic hydroxyl groups excluding tert-OH is 2. The second-order valence-corrected chi connectivity index (χ2v) is 11.0. The minimum atomic E-state index is -4.64. The summed E-state index contributed by atoms with van der Waals surface area (Å²) in [6.45, 7) is 1.34. The van der Waals surface area contributed by atoms with Crippen molar-refractivity contribution < 1.29 is 59.2 Å². The number of benzene rings is 1. The third-order valence-electron chi connectivity index (χ3n) is 7.07. The van der Waals surface area contributed by atoms with E-state index in [4.69, 9.17) is 36.6 Å². The normalized spacial score (nSPS) is 30.8. The molecule has 0 radical (unpaired) electrons. The fraction of sp³-hybridized carbons (Fsp3) is 0.409. The fourth-order valence-electron chi connectivity index (χ4n) is 5.59. The van der Waals surface area contributed by atoms with Crippen LogP contribution in [0.15, 0.2) is 34.8 Å². The molecule has 0 saturated carbocycles. The third-order valence-corrected chi connectivity index (χ3v) is 7.39. The molecule has 16 heteroatoms. The Morgan fingerprint density at radius 1 is 1.13 bits per heavy atom. The molecule has 1 amide bonds. The number of aromatic hydroxyl groups is 1. The first-order valence-corrected chi connectivity index (χ1v) is 12.8. The molecular weight excluding hydrogens is 551 g/mol. The van der Waals surface area contributed by atoms with Crippen LogP contribution in [0.1, 0.15) is 29.3 Å². The Bertz CT molecular complexity index is 1360. The maximum absolute atomic E-state index is 13.4. The molecule has 0 aromatic heterocycles. The summed E-state index contributed by atoms with van der Waals surface area (Å²) in [5.41, 5.74) is -1.21. The summed E-state index contributed by atoms with van der Waals surface area (Å²) >= 11 is 6.26. The number of phenols is 1. The molecule has 14 nitrogen and oxygen atoms in total. The number of amides is 1. The number of fused-ring (bicyclic) bond motifs is 3. The summed E-state index contributed by atoms with van der Waals surface area (Å²) in [5, 5.41) is 55.3. The van der Waals surface area contributed by atoms with Gasteiger partial charge < -0.3 is 45.9 Å². The van der Waals surface area contributed by atoms with Gasteiger partial charge in [-0.3, -0.25) is 19.3 Å². The third kappa shape index (κ3) is 4.42. The van der Waals surface area contributed by atoms with Crippen LogP contribution in [0, 0.1) is 11.8 Å². The molecule has 208 valence electrons. The number of primary amides is 1. The van der Waals surface area contributed by atoms with Gasteiger partial charge in [-0.15, -0.1) is 0 Å². The zero-order valence-corrected chi connectivity index (χ0v) is 21.8. The summed E-state index contributed by atoms with van der Waals surface area (Å²) in [4.78, 5) is 61.6. The summed E-state index contributed by atoms with van der Waals surface area (Å²) in [6.07, 6.45) is -0.259. The van der Waals surface area contributed by atoms with E-state index in [1.807, 2.05) is 0 Å². The second kappa shape index (κ2) is 9.43. The average molecular weight is 577 g/mol. The largest absolute Gasteiger partial charge is 0.510 e. The van der Waals surface area contributed by atoms with Crippen LogP contribution in [-0.4, -0.2) is 88.3 Å². The van der Waals surface area contributed by atoms with E-state index in [2.05, 4.69) is 0 Å². The lowest BCUT2D eigenvalue weighted by Crippen LogP contribution is -2.65. The highest BCUT2D eigenvalue weighted by molar-refractivity contribution is 7.45. The lowest BCUT2D eigenvalue weighted by Gasteiger charge is -2.52. The first-order valence-electron chi connectivity index (χ1n) is 10.9. The van der Waals surface area contributed by atoms with Crippen LogP contribution >= 0.6 is 19.4 Å². The second-order valence-electron chi connectivity index (χ2n) is 9.59. The van der Waals surface area contributed by atoms with E-state index in [-0.39, 0.29) is 22.6 Å². The van der Waals surface area contributed by atoms with Crippen molar-refractivity contribution in [2.75, 3.05) is 14.1 Å². The van der Waals surface area contributed by atoms with E-state index in [0.717, 1.165) is 6.07 Å². The SMILES string of the molecule is CN(C)[C@@H]1C(O)=C(C(N)=O)C(=O)[C@@]2(O)C(O)=C3C(=O)c4c(O)ccc(Cl)c4[C@@](C)(O)[C@H]3C[C@@H]12.O=P(O)(O)O. The summed E-state index contributed by atoms with van der Waals surface area (Å²) < 4.78 is 8.88. The van der Waals surface area contributed by atoms with E-state index in [1.54, 1.807) is 0 Å². The molecule has 3 aliphatic rings. The highest BCUT2D eigenvalue weighted by Gasteiger charge is 2.65. The number of phosphoric acid groups is 1. The highest BCUT2D eigenvalue weighted by atomic mass is 35.5. The van der Waals surface area contributed by atoms with Crippen LogP contribution in [0.5, 0.6) is 5.75 Å². The average Bonchev–Trinajstić information content (AvgIpc) is 2.74. The molecule has 0 spiro atoms. The number of hydrogen-bond donors (Lipinski definition) is 9. The molecule has 0 unspecified atom stereocenters. The predicted octanol–water partition coefficient (Wildman–Crippen LogP) is -0.490. The zero-order chi connectivity index (χ0) is 29.3. The van der Waals surface area contributed by atoms with Crippen LogP contribution < -0.4 is 5.73 Å². The summed E-state index contributed by atoms with van der Waals surface area (Å²) in [6, 6.07) is 1.30. The van der Waals surface area contributed by atoms with Gasteiger partial charge in [0.2, 0.25) is 5.78 Å². The van der Waals surface area contributed by atoms with Gasteiger partial charge in [0.15, 0.2) is 11.4 Å². The van der Waals surface area contributed by atoms with Gasteiger partial charge in [-0.2, -0.15) is 0 Å². The minimum Gasteiger partial charge on any atom is -0.510 e. The van der Waals surface area contributed by atoms with Crippen molar-refractivity contribution in [3.63, 3.8) is 0 Å². The van der Waals surface area contributed by atoms with Gasteiger partial charge in [0.25, 0.3) is 5.91 Å². The molecule has 5 atom stereocenters. The Balaban J connectivity index is 0.000000732. The number of ketones is 2. The summed E-state index contributed by atoms with van der Waals surface area (Å²) in [5.74, 6) is -8.29. The van der Waals surface area contributed by atoms with Gasteiger partial charge in [0, 0.05) is 28.0 Å². The Labute approximate surface area is 220 Å². The van der Waals surface area contributed by atoms with E-state index in [1.165, 1.54) is 32.0 Å². The van der Waals surface area contributed by atoms with Crippen molar-refractivity contribution in [3.05, 3.63) is 50.9 Å². The van der Waals surface area contributed by atoms with E-state index in [9.17, 15) is 39.9 Å². The molecule has 1 aromatic carbocycles. The number of Topliss-reactive ketones (excluding diaryl/α,β-unsaturated/α-hetero) is 2. The number of carbonyl (C=O) groups is 3. The first-order chi connectivity index (χ1) is 17.2. The molecule has 3 aliphatic carbocycles. The van der Waals surface area contributed by atoms with Crippen molar-refractivity contribution in [1.29, 1.82) is 0 Å². The van der Waals surface area contributed by atoms with E-state index >= 15 is 0 Å². The molecule has 0 aliphatic heterocycles. The smallest absolute Gasteiger partial charge is 0.466 e. The Morgan fingerprint density at radius 2 is 1.66 bits per heavy atom. The molecule has 38 heavy (non-hydrogen) atoms. The minimum absolute atomic E-state index is 0.00293. The van der Waals surface area contributed by atoms with Crippen LogP contribution in [0.3, 0.4) is 0 Å². The number of aliphatic hydroxyl groups is 4. The maximum atomic E-state index is 13.4. The fourth-order valence-corrected chi connectivity index (χ4v) is 5.93. The quantitative estimate of drug-likeness (QED) is 0.159. The van der Waals surface area contributed by atoms with Gasteiger partial charge in [-0.1, -0.05) is 11.6 Å². The Morgan fingerprint density at radius 3 is 2.13 bits per heavy atom. The van der Waals surface area contributed by atoms with Gasteiger partial charge in [0.05, 0.1) is 17.2 Å². The van der Waals surface area contributed by atoms with Gasteiger partial charge in [-0.25, -0.2) is 4.57 Å². The topological polar surface area (TPSA) is 259 Å². The molecule has 1 aromatic rings.